The molecule has 0 saturated carbocycles. The van der Waals surface area contributed by atoms with Gasteiger partial charge in [0.1, 0.15) is 0 Å². The average molecular weight is 144 g/mol. The lowest BCUT2D eigenvalue weighted by Crippen LogP contribution is -2.28. The monoisotopic (exact) mass is 144 g/mol. The van der Waals surface area contributed by atoms with Gasteiger partial charge in [0.15, 0.2) is 0 Å². The fraction of sp³-hybridized carbons (Fsp3) is 1.00. The van der Waals surface area contributed by atoms with Crippen molar-refractivity contribution in [2.24, 2.45) is 11.3 Å². The second-order valence-corrected chi connectivity index (χ2v) is 4.84. The Labute approximate surface area is 62.4 Å². The van der Waals surface area contributed by atoms with E-state index in [4.69, 9.17) is 0 Å². The van der Waals surface area contributed by atoms with Gasteiger partial charge in [-0.3, -0.25) is 0 Å². The van der Waals surface area contributed by atoms with Gasteiger partial charge in [-0.2, -0.15) is 11.8 Å². The van der Waals surface area contributed by atoms with Crippen molar-refractivity contribution in [1.82, 2.24) is 0 Å². The predicted octanol–water partition coefficient (Wildman–Crippen LogP) is 2.79. The van der Waals surface area contributed by atoms with Crippen LogP contribution in [-0.4, -0.2) is 11.5 Å². The summed E-state index contributed by atoms with van der Waals surface area (Å²) in [5.41, 5.74) is 0.600. The highest BCUT2D eigenvalue weighted by Crippen LogP contribution is 2.37. The summed E-state index contributed by atoms with van der Waals surface area (Å²) >= 11 is 2.11. The number of hydrogen-bond acceptors (Lipinski definition) is 1. The summed E-state index contributed by atoms with van der Waals surface area (Å²) < 4.78 is 0. The zero-order valence-corrected chi connectivity index (χ0v) is 7.42. The zero-order chi connectivity index (χ0) is 6.91. The Morgan fingerprint density at radius 1 is 1.44 bits per heavy atom. The van der Waals surface area contributed by atoms with E-state index in [0.717, 1.165) is 5.92 Å². The molecule has 9 heavy (non-hydrogen) atoms. The van der Waals surface area contributed by atoms with Gasteiger partial charge in [0.05, 0.1) is 0 Å². The van der Waals surface area contributed by atoms with Crippen LogP contribution in [0.25, 0.3) is 0 Å². The first-order valence-electron chi connectivity index (χ1n) is 3.71. The summed E-state index contributed by atoms with van der Waals surface area (Å²) in [6.07, 6.45) is 1.41. The van der Waals surface area contributed by atoms with E-state index < -0.39 is 0 Å². The van der Waals surface area contributed by atoms with Crippen molar-refractivity contribution >= 4 is 11.8 Å². The number of hydrogen-bond donors (Lipinski definition) is 0. The molecule has 1 aliphatic heterocycles. The molecule has 1 unspecified atom stereocenters. The minimum atomic E-state index is 0.600. The number of thioether (sulfide) groups is 1. The van der Waals surface area contributed by atoms with Crippen LogP contribution in [0.5, 0.6) is 0 Å². The van der Waals surface area contributed by atoms with E-state index in [1.54, 1.807) is 0 Å². The molecule has 1 heteroatoms. The molecule has 0 radical (unpaired) electrons. The molecule has 1 heterocycles. The first kappa shape index (κ1) is 7.46. The quantitative estimate of drug-likeness (QED) is 0.504. The van der Waals surface area contributed by atoms with E-state index in [1.165, 1.54) is 17.9 Å². The molecule has 1 rings (SSSR count). The van der Waals surface area contributed by atoms with E-state index >= 15 is 0 Å². The molecular weight excluding hydrogens is 128 g/mol. The molecular formula is C8H16S. The van der Waals surface area contributed by atoms with Crippen LogP contribution in [-0.2, 0) is 0 Å². The lowest BCUT2D eigenvalue weighted by atomic mass is 9.80. The van der Waals surface area contributed by atoms with Crippen LogP contribution in [0.3, 0.4) is 0 Å². The van der Waals surface area contributed by atoms with Crippen LogP contribution in [0, 0.1) is 11.3 Å². The summed E-state index contributed by atoms with van der Waals surface area (Å²) in [4.78, 5) is 0. The summed E-state index contributed by atoms with van der Waals surface area (Å²) in [6, 6.07) is 0. The molecule has 0 bridgehead atoms. The van der Waals surface area contributed by atoms with Crippen molar-refractivity contribution in [1.29, 1.82) is 0 Å². The van der Waals surface area contributed by atoms with Crippen LogP contribution in [0.2, 0.25) is 0 Å². The van der Waals surface area contributed by atoms with Crippen LogP contribution in [0.15, 0.2) is 0 Å². The van der Waals surface area contributed by atoms with Crippen LogP contribution >= 0.6 is 11.8 Å². The van der Waals surface area contributed by atoms with E-state index in [9.17, 15) is 0 Å². The first-order chi connectivity index (χ1) is 4.13. The lowest BCUT2D eigenvalue weighted by molar-refractivity contribution is 0.255. The normalized spacial score (nSPS) is 34.3. The number of rotatable bonds is 0. The summed E-state index contributed by atoms with van der Waals surface area (Å²) in [7, 11) is 0. The van der Waals surface area contributed by atoms with Crippen molar-refractivity contribution in [2.45, 2.75) is 27.2 Å². The Balaban J connectivity index is 2.49. The second kappa shape index (κ2) is 2.53. The predicted molar refractivity (Wildman–Crippen MR) is 44.9 cm³/mol. The molecule has 0 aromatic heterocycles. The maximum atomic E-state index is 2.38. The fourth-order valence-corrected chi connectivity index (χ4v) is 2.60. The third-order valence-electron chi connectivity index (χ3n) is 2.50. The van der Waals surface area contributed by atoms with E-state index in [0.29, 0.717) is 5.41 Å². The smallest absolute Gasteiger partial charge is 0.00135 e. The molecule has 0 amide bonds. The SMILES string of the molecule is CC1CCSCC1(C)C. The standard InChI is InChI=1S/C8H16S/c1-7-4-5-9-6-8(7,2)3/h7H,4-6H2,1-3H3. The summed E-state index contributed by atoms with van der Waals surface area (Å²) in [5.74, 6) is 3.66. The Kier molecular flexibility index (Phi) is 2.10. The highest BCUT2D eigenvalue weighted by Gasteiger charge is 2.28. The highest BCUT2D eigenvalue weighted by molar-refractivity contribution is 7.99. The molecule has 0 N–H and O–H groups in total. The fourth-order valence-electron chi connectivity index (χ4n) is 1.13. The van der Waals surface area contributed by atoms with Gasteiger partial charge >= 0.3 is 0 Å². The first-order valence-corrected chi connectivity index (χ1v) is 4.86. The van der Waals surface area contributed by atoms with Gasteiger partial charge in [0.25, 0.3) is 0 Å². The third kappa shape index (κ3) is 1.64. The Hall–Kier alpha value is 0.350. The molecule has 0 aromatic carbocycles. The Morgan fingerprint density at radius 2 is 2.11 bits per heavy atom. The maximum absolute atomic E-state index is 2.38. The van der Waals surface area contributed by atoms with Crippen molar-refractivity contribution in [2.75, 3.05) is 11.5 Å². The summed E-state index contributed by atoms with van der Waals surface area (Å²) in [5, 5.41) is 0. The zero-order valence-electron chi connectivity index (χ0n) is 6.61. The molecule has 1 fully saturated rings. The van der Waals surface area contributed by atoms with Gasteiger partial charge in [-0.25, -0.2) is 0 Å². The molecule has 0 aromatic rings. The summed E-state index contributed by atoms with van der Waals surface area (Å²) in [6.45, 7) is 7.13. The van der Waals surface area contributed by atoms with Crippen LogP contribution in [0.1, 0.15) is 27.2 Å². The topological polar surface area (TPSA) is 0 Å². The molecule has 1 saturated heterocycles. The van der Waals surface area contributed by atoms with Crippen LogP contribution < -0.4 is 0 Å². The van der Waals surface area contributed by atoms with Gasteiger partial charge in [0, 0.05) is 0 Å². The van der Waals surface area contributed by atoms with Crippen molar-refractivity contribution in [3.8, 4) is 0 Å². The largest absolute Gasteiger partial charge is 0.161 e. The molecule has 0 aliphatic carbocycles. The Morgan fingerprint density at radius 3 is 2.44 bits per heavy atom. The van der Waals surface area contributed by atoms with Gasteiger partial charge in [-0.1, -0.05) is 20.8 Å². The third-order valence-corrected chi connectivity index (χ3v) is 3.98. The minimum absolute atomic E-state index is 0.600. The molecule has 1 aliphatic rings. The van der Waals surface area contributed by atoms with Gasteiger partial charge in [-0.15, -0.1) is 0 Å². The van der Waals surface area contributed by atoms with Crippen molar-refractivity contribution in [3.05, 3.63) is 0 Å². The van der Waals surface area contributed by atoms with E-state index in [2.05, 4.69) is 32.5 Å². The van der Waals surface area contributed by atoms with E-state index in [1.807, 2.05) is 0 Å². The van der Waals surface area contributed by atoms with Crippen molar-refractivity contribution < 1.29 is 0 Å². The molecule has 0 nitrogen and oxygen atoms in total. The van der Waals surface area contributed by atoms with Gasteiger partial charge in [0.2, 0.25) is 0 Å². The highest BCUT2D eigenvalue weighted by atomic mass is 32.2. The molecule has 0 spiro atoms. The molecule has 1 atom stereocenters. The average Bonchev–Trinajstić information content (AvgIpc) is 1.77. The second-order valence-electron chi connectivity index (χ2n) is 3.73. The van der Waals surface area contributed by atoms with Crippen LogP contribution in [0.4, 0.5) is 0 Å². The molecule has 54 valence electrons. The van der Waals surface area contributed by atoms with E-state index in [-0.39, 0.29) is 0 Å². The van der Waals surface area contributed by atoms with Gasteiger partial charge < -0.3 is 0 Å². The Bertz CT molecular complexity index is 96.7. The maximum Gasteiger partial charge on any atom is -0.00135 e. The minimum Gasteiger partial charge on any atom is -0.161 e. The van der Waals surface area contributed by atoms with Crippen molar-refractivity contribution in [3.63, 3.8) is 0 Å². The van der Waals surface area contributed by atoms with Gasteiger partial charge in [-0.05, 0) is 29.3 Å². The lowest BCUT2D eigenvalue weighted by Gasteiger charge is -2.35.